The Hall–Kier alpha value is -2.87. The lowest BCUT2D eigenvalue weighted by atomic mass is 9.93. The number of unbranched alkanes of at least 4 members (excludes halogenated alkanes) is 2. The third-order valence-electron chi connectivity index (χ3n) is 5.19. The molecule has 0 unspecified atom stereocenters. The number of imidazole rings is 1. The summed E-state index contributed by atoms with van der Waals surface area (Å²) in [5, 5.41) is 0. The highest BCUT2D eigenvalue weighted by Crippen LogP contribution is 2.33. The van der Waals surface area contributed by atoms with Crippen molar-refractivity contribution in [2.45, 2.75) is 39.7 Å². The Kier molecular flexibility index (Phi) is 5.06. The molecule has 2 heteroatoms. The van der Waals surface area contributed by atoms with Gasteiger partial charge in [-0.15, -0.1) is 0 Å². The molecule has 3 aromatic carbocycles. The molecule has 136 valence electrons. The van der Waals surface area contributed by atoms with Gasteiger partial charge < -0.3 is 4.57 Å². The van der Waals surface area contributed by atoms with E-state index in [1.54, 1.807) is 0 Å². The van der Waals surface area contributed by atoms with Gasteiger partial charge >= 0.3 is 0 Å². The van der Waals surface area contributed by atoms with Gasteiger partial charge in [-0.3, -0.25) is 0 Å². The average molecular weight is 354 g/mol. The molecule has 1 aromatic heterocycles. The highest BCUT2D eigenvalue weighted by molar-refractivity contribution is 5.88. The van der Waals surface area contributed by atoms with Crippen LogP contribution >= 0.6 is 0 Å². The molecular weight excluding hydrogens is 328 g/mol. The molecule has 4 rings (SSSR count). The number of nitrogens with zero attached hydrogens (tertiary/aromatic N) is 2. The van der Waals surface area contributed by atoms with Crippen molar-refractivity contribution in [2.75, 3.05) is 0 Å². The third kappa shape index (κ3) is 3.66. The van der Waals surface area contributed by atoms with Gasteiger partial charge in [0.2, 0.25) is 0 Å². The monoisotopic (exact) mass is 354 g/mol. The molecule has 0 fully saturated rings. The fourth-order valence-electron chi connectivity index (χ4n) is 3.73. The number of fused-ring (bicyclic) bond motifs is 1. The topological polar surface area (TPSA) is 17.8 Å². The van der Waals surface area contributed by atoms with E-state index in [0.717, 1.165) is 12.1 Å². The molecule has 0 saturated heterocycles. The number of hydrogen-bond donors (Lipinski definition) is 0. The van der Waals surface area contributed by atoms with Crippen molar-refractivity contribution in [3.8, 4) is 22.3 Å². The number of aryl methyl sites for hydroxylation is 2. The summed E-state index contributed by atoms with van der Waals surface area (Å²) < 4.78 is 2.30. The minimum absolute atomic E-state index is 1.04. The average Bonchev–Trinajstić information content (AvgIpc) is 3.10. The summed E-state index contributed by atoms with van der Waals surface area (Å²) in [5.74, 6) is 0. The van der Waals surface area contributed by atoms with Crippen molar-refractivity contribution >= 4 is 11.0 Å². The van der Waals surface area contributed by atoms with Crippen molar-refractivity contribution < 1.29 is 0 Å². The predicted molar refractivity (Wildman–Crippen MR) is 115 cm³/mol. The molecule has 2 nitrogen and oxygen atoms in total. The van der Waals surface area contributed by atoms with Gasteiger partial charge in [-0.1, -0.05) is 79.9 Å². The maximum Gasteiger partial charge on any atom is 0.0958 e. The fourth-order valence-corrected chi connectivity index (χ4v) is 3.73. The molecule has 0 aliphatic heterocycles. The largest absolute Gasteiger partial charge is 0.331 e. The molecule has 0 aliphatic rings. The van der Waals surface area contributed by atoms with Gasteiger partial charge in [-0.05, 0) is 47.7 Å². The SMILES string of the molecule is CCCCCn1cnc2ccc(-c3ccccc3-c3cccc(C)c3)cc21. The van der Waals surface area contributed by atoms with Crippen molar-refractivity contribution in [3.05, 3.63) is 78.6 Å². The van der Waals surface area contributed by atoms with Gasteiger partial charge in [-0.25, -0.2) is 4.98 Å². The molecule has 0 amide bonds. The van der Waals surface area contributed by atoms with E-state index in [1.807, 2.05) is 6.33 Å². The summed E-state index contributed by atoms with van der Waals surface area (Å²) >= 11 is 0. The van der Waals surface area contributed by atoms with Crippen LogP contribution in [-0.2, 0) is 6.54 Å². The molecule has 0 radical (unpaired) electrons. The summed E-state index contributed by atoms with van der Waals surface area (Å²) in [6, 6.07) is 24.0. The maximum absolute atomic E-state index is 4.59. The Bertz CT molecular complexity index is 1060. The lowest BCUT2D eigenvalue weighted by Crippen LogP contribution is -1.96. The number of benzene rings is 3. The summed E-state index contributed by atoms with van der Waals surface area (Å²) in [7, 11) is 0. The Balaban J connectivity index is 1.78. The lowest BCUT2D eigenvalue weighted by molar-refractivity contribution is 0.613. The zero-order valence-electron chi connectivity index (χ0n) is 16.2. The second-order valence-electron chi connectivity index (χ2n) is 7.26. The molecule has 4 aromatic rings. The maximum atomic E-state index is 4.59. The van der Waals surface area contributed by atoms with Crippen LogP contribution in [0, 0.1) is 6.92 Å². The predicted octanol–water partition coefficient (Wildman–Crippen LogP) is 6.87. The Morgan fingerprint density at radius 2 is 1.59 bits per heavy atom. The normalized spacial score (nSPS) is 11.2. The fraction of sp³-hybridized carbons (Fsp3) is 0.240. The van der Waals surface area contributed by atoms with Gasteiger partial charge in [0.15, 0.2) is 0 Å². The molecule has 27 heavy (non-hydrogen) atoms. The van der Waals surface area contributed by atoms with Crippen LogP contribution in [0.3, 0.4) is 0 Å². The quantitative estimate of drug-likeness (QED) is 0.345. The highest BCUT2D eigenvalue weighted by atomic mass is 15.0. The van der Waals surface area contributed by atoms with Crippen LogP contribution in [0.15, 0.2) is 73.1 Å². The van der Waals surface area contributed by atoms with Gasteiger partial charge in [0.25, 0.3) is 0 Å². The van der Waals surface area contributed by atoms with E-state index in [2.05, 4.69) is 90.1 Å². The first kappa shape index (κ1) is 17.5. The zero-order valence-corrected chi connectivity index (χ0v) is 16.2. The first-order valence-electron chi connectivity index (χ1n) is 9.87. The number of rotatable bonds is 6. The van der Waals surface area contributed by atoms with Gasteiger partial charge in [0.05, 0.1) is 17.4 Å². The van der Waals surface area contributed by atoms with Gasteiger partial charge in [-0.2, -0.15) is 0 Å². The van der Waals surface area contributed by atoms with E-state index in [-0.39, 0.29) is 0 Å². The molecule has 0 aliphatic carbocycles. The van der Waals surface area contributed by atoms with Crippen LogP contribution in [0.2, 0.25) is 0 Å². The minimum atomic E-state index is 1.04. The highest BCUT2D eigenvalue weighted by Gasteiger charge is 2.10. The van der Waals surface area contributed by atoms with Crippen LogP contribution < -0.4 is 0 Å². The molecule has 0 spiro atoms. The van der Waals surface area contributed by atoms with Crippen molar-refractivity contribution in [2.24, 2.45) is 0 Å². The summed E-state index contributed by atoms with van der Waals surface area (Å²) in [6.45, 7) is 5.42. The molecule has 0 N–H and O–H groups in total. The van der Waals surface area contributed by atoms with Crippen LogP contribution in [0.25, 0.3) is 33.3 Å². The van der Waals surface area contributed by atoms with Crippen LogP contribution in [0.4, 0.5) is 0 Å². The smallest absolute Gasteiger partial charge is 0.0958 e. The summed E-state index contributed by atoms with van der Waals surface area (Å²) in [5.41, 5.74) is 8.64. The van der Waals surface area contributed by atoms with Crippen LogP contribution in [0.1, 0.15) is 31.7 Å². The molecule has 1 heterocycles. The van der Waals surface area contributed by atoms with E-state index in [1.165, 1.54) is 52.6 Å². The first-order chi connectivity index (χ1) is 13.3. The van der Waals surface area contributed by atoms with Crippen LogP contribution in [-0.4, -0.2) is 9.55 Å². The summed E-state index contributed by atoms with van der Waals surface area (Å²) in [6.07, 6.45) is 5.68. The van der Waals surface area contributed by atoms with Gasteiger partial charge in [0, 0.05) is 6.54 Å². The second kappa shape index (κ2) is 7.79. The Morgan fingerprint density at radius 3 is 2.33 bits per heavy atom. The second-order valence-corrected chi connectivity index (χ2v) is 7.26. The third-order valence-corrected chi connectivity index (χ3v) is 5.19. The molecule has 0 saturated carbocycles. The van der Waals surface area contributed by atoms with E-state index in [4.69, 9.17) is 0 Å². The number of aromatic nitrogens is 2. The standard InChI is InChI=1S/C25H26N2/c1-3-4-7-15-27-18-26-24-14-13-21(17-25(24)27)23-12-6-5-11-22(23)20-10-8-9-19(2)16-20/h5-6,8-14,16-18H,3-4,7,15H2,1-2H3. The molecule has 0 bridgehead atoms. The molecular formula is C25H26N2. The first-order valence-corrected chi connectivity index (χ1v) is 9.87. The zero-order chi connectivity index (χ0) is 18.6. The summed E-state index contributed by atoms with van der Waals surface area (Å²) in [4.78, 5) is 4.59. The van der Waals surface area contributed by atoms with E-state index in [0.29, 0.717) is 0 Å². The lowest BCUT2D eigenvalue weighted by Gasteiger charge is -2.12. The minimum Gasteiger partial charge on any atom is -0.331 e. The van der Waals surface area contributed by atoms with Crippen LogP contribution in [0.5, 0.6) is 0 Å². The Morgan fingerprint density at radius 1 is 0.815 bits per heavy atom. The van der Waals surface area contributed by atoms with Crippen molar-refractivity contribution in [1.82, 2.24) is 9.55 Å². The van der Waals surface area contributed by atoms with Gasteiger partial charge in [0.1, 0.15) is 0 Å². The van der Waals surface area contributed by atoms with Crippen molar-refractivity contribution in [1.29, 1.82) is 0 Å². The Labute approximate surface area is 161 Å². The van der Waals surface area contributed by atoms with E-state index in [9.17, 15) is 0 Å². The molecule has 0 atom stereocenters. The van der Waals surface area contributed by atoms with E-state index >= 15 is 0 Å². The number of hydrogen-bond acceptors (Lipinski definition) is 1. The van der Waals surface area contributed by atoms with E-state index < -0.39 is 0 Å². The van der Waals surface area contributed by atoms with Crippen molar-refractivity contribution in [3.63, 3.8) is 0 Å².